The predicted molar refractivity (Wildman–Crippen MR) is 93.8 cm³/mol. The van der Waals surface area contributed by atoms with Crippen molar-refractivity contribution in [2.75, 3.05) is 12.3 Å². The Labute approximate surface area is 145 Å². The van der Waals surface area contributed by atoms with Crippen molar-refractivity contribution in [3.05, 3.63) is 29.5 Å². The Balaban J connectivity index is 1.53. The number of aryl methyl sites for hydroxylation is 2. The van der Waals surface area contributed by atoms with Crippen LogP contribution in [0.1, 0.15) is 31.4 Å². The molecule has 1 atom stereocenters. The molecule has 0 radical (unpaired) electrons. The molecule has 7 heteroatoms. The molecule has 124 valence electrons. The molecule has 0 bridgehead atoms. The first-order valence-electron chi connectivity index (χ1n) is 8.04. The first-order valence-corrected chi connectivity index (χ1v) is 9.91. The van der Waals surface area contributed by atoms with E-state index in [4.69, 9.17) is 0 Å². The summed E-state index contributed by atoms with van der Waals surface area (Å²) in [5, 5.41) is 6.28. The number of carbonyl (C=O) groups excluding carboxylic acids is 1. The minimum atomic E-state index is 0.244. The number of nitrogens with zero attached hydrogens (tertiary/aromatic N) is 4. The zero-order chi connectivity index (χ0) is 16.1. The van der Waals surface area contributed by atoms with Crippen LogP contribution in [0.15, 0.2) is 28.2 Å². The molecule has 0 N–H and O–H groups in total. The van der Waals surface area contributed by atoms with Crippen LogP contribution in [0.5, 0.6) is 0 Å². The fourth-order valence-electron chi connectivity index (χ4n) is 2.95. The number of hydrogen-bond acceptors (Lipinski definition) is 5. The van der Waals surface area contributed by atoms with E-state index in [1.807, 2.05) is 29.2 Å². The monoisotopic (exact) mass is 350 g/mol. The van der Waals surface area contributed by atoms with Gasteiger partial charge >= 0.3 is 0 Å². The van der Waals surface area contributed by atoms with E-state index >= 15 is 0 Å². The zero-order valence-corrected chi connectivity index (χ0v) is 15.0. The van der Waals surface area contributed by atoms with Crippen molar-refractivity contribution in [3.8, 4) is 0 Å². The van der Waals surface area contributed by atoms with Gasteiger partial charge in [0.2, 0.25) is 5.91 Å². The summed E-state index contributed by atoms with van der Waals surface area (Å²) in [5.74, 6) is 0.735. The Hall–Kier alpha value is -1.34. The van der Waals surface area contributed by atoms with Gasteiger partial charge in [0.05, 0.1) is 5.75 Å². The lowest BCUT2D eigenvalue weighted by Gasteiger charge is -2.35. The lowest BCUT2D eigenvalue weighted by atomic mass is 9.99. The fourth-order valence-corrected chi connectivity index (χ4v) is 4.68. The lowest BCUT2D eigenvalue weighted by molar-refractivity contribution is -0.132. The summed E-state index contributed by atoms with van der Waals surface area (Å²) in [4.78, 5) is 19.1. The van der Waals surface area contributed by atoms with E-state index < -0.39 is 0 Å². The van der Waals surface area contributed by atoms with Crippen LogP contribution >= 0.6 is 23.1 Å². The Morgan fingerprint density at radius 3 is 3.13 bits per heavy atom. The Morgan fingerprint density at radius 1 is 1.48 bits per heavy atom. The van der Waals surface area contributed by atoms with Crippen LogP contribution in [0.25, 0.3) is 0 Å². The van der Waals surface area contributed by atoms with Crippen molar-refractivity contribution in [1.29, 1.82) is 0 Å². The summed E-state index contributed by atoms with van der Waals surface area (Å²) < 4.78 is 2.94. The van der Waals surface area contributed by atoms with Gasteiger partial charge in [-0.2, -0.15) is 5.10 Å². The van der Waals surface area contributed by atoms with Crippen LogP contribution in [0.4, 0.5) is 0 Å². The molecule has 2 aromatic heterocycles. The molecule has 1 aliphatic rings. The van der Waals surface area contributed by atoms with Crippen molar-refractivity contribution in [2.45, 2.75) is 49.5 Å². The van der Waals surface area contributed by atoms with Crippen LogP contribution in [0, 0.1) is 6.92 Å². The molecule has 0 saturated carbocycles. The second-order valence-corrected chi connectivity index (χ2v) is 7.92. The maximum absolute atomic E-state index is 12.6. The second-order valence-electron chi connectivity index (χ2n) is 5.84. The number of piperidine rings is 1. The highest BCUT2D eigenvalue weighted by atomic mass is 32.2. The quantitative estimate of drug-likeness (QED) is 0.751. The minimum absolute atomic E-state index is 0.244. The Kier molecular flexibility index (Phi) is 5.72. The fraction of sp³-hybridized carbons (Fsp3) is 0.562. The van der Waals surface area contributed by atoms with Crippen LogP contribution in [-0.2, 0) is 11.3 Å². The van der Waals surface area contributed by atoms with Gasteiger partial charge in [0.15, 0.2) is 4.34 Å². The number of hydrogen-bond donors (Lipinski definition) is 0. The molecule has 23 heavy (non-hydrogen) atoms. The van der Waals surface area contributed by atoms with Crippen molar-refractivity contribution in [2.24, 2.45) is 0 Å². The molecule has 1 saturated heterocycles. The van der Waals surface area contributed by atoms with Crippen molar-refractivity contribution >= 4 is 29.0 Å². The topological polar surface area (TPSA) is 51.0 Å². The summed E-state index contributed by atoms with van der Waals surface area (Å²) in [6.07, 6.45) is 8.20. The first-order chi connectivity index (χ1) is 11.2. The lowest BCUT2D eigenvalue weighted by Crippen LogP contribution is -2.45. The zero-order valence-electron chi connectivity index (χ0n) is 13.4. The van der Waals surface area contributed by atoms with E-state index in [9.17, 15) is 4.79 Å². The highest BCUT2D eigenvalue weighted by Crippen LogP contribution is 2.25. The van der Waals surface area contributed by atoms with Crippen molar-refractivity contribution in [1.82, 2.24) is 19.7 Å². The normalized spacial score (nSPS) is 18.3. The van der Waals surface area contributed by atoms with Gasteiger partial charge < -0.3 is 4.90 Å². The van der Waals surface area contributed by atoms with Gasteiger partial charge in [0.1, 0.15) is 0 Å². The third-order valence-corrected chi connectivity index (χ3v) is 6.24. The van der Waals surface area contributed by atoms with Gasteiger partial charge in [-0.05, 0) is 38.7 Å². The molecule has 2 aromatic rings. The number of rotatable bonds is 6. The molecule has 0 aliphatic carbocycles. The predicted octanol–water partition coefficient (Wildman–Crippen LogP) is 3.21. The molecule has 0 spiro atoms. The number of amides is 1. The number of carbonyl (C=O) groups is 1. The standard InChI is InChI=1S/C16H22N4OS2/c1-13-11-22-16(18-13)23-12-15(21)20-9-3-2-5-14(20)6-10-19-8-4-7-17-19/h4,7-8,11,14H,2-3,5-6,9-10,12H2,1H3. The van der Waals surface area contributed by atoms with Gasteiger partial charge in [0.25, 0.3) is 0 Å². The largest absolute Gasteiger partial charge is 0.339 e. The molecular formula is C16H22N4OS2. The SMILES string of the molecule is Cc1csc(SCC(=O)N2CCCCC2CCn2cccn2)n1. The van der Waals surface area contributed by atoms with Gasteiger partial charge in [-0.3, -0.25) is 9.48 Å². The van der Waals surface area contributed by atoms with E-state index in [-0.39, 0.29) is 5.91 Å². The molecule has 1 amide bonds. The molecule has 1 unspecified atom stereocenters. The van der Waals surface area contributed by atoms with E-state index in [1.54, 1.807) is 29.3 Å². The van der Waals surface area contributed by atoms with Crippen LogP contribution in [-0.4, -0.2) is 43.9 Å². The number of likely N-dealkylation sites (tertiary alicyclic amines) is 1. The molecular weight excluding hydrogens is 328 g/mol. The summed E-state index contributed by atoms with van der Waals surface area (Å²) in [5.41, 5.74) is 1.03. The molecule has 1 aliphatic heterocycles. The summed E-state index contributed by atoms with van der Waals surface area (Å²) in [7, 11) is 0. The van der Waals surface area contributed by atoms with Gasteiger partial charge in [-0.25, -0.2) is 4.98 Å². The van der Waals surface area contributed by atoms with E-state index in [2.05, 4.69) is 15.0 Å². The maximum atomic E-state index is 12.6. The van der Waals surface area contributed by atoms with E-state index in [0.29, 0.717) is 11.8 Å². The van der Waals surface area contributed by atoms with Gasteiger partial charge in [-0.1, -0.05) is 11.8 Å². The average molecular weight is 351 g/mol. The van der Waals surface area contributed by atoms with Crippen LogP contribution in [0.3, 0.4) is 0 Å². The van der Waals surface area contributed by atoms with E-state index in [1.165, 1.54) is 6.42 Å². The second kappa shape index (κ2) is 7.97. The van der Waals surface area contributed by atoms with Gasteiger partial charge in [-0.15, -0.1) is 11.3 Å². The molecule has 3 rings (SSSR count). The molecule has 3 heterocycles. The first kappa shape index (κ1) is 16.5. The third-order valence-electron chi connectivity index (χ3n) is 4.12. The molecule has 5 nitrogen and oxygen atoms in total. The van der Waals surface area contributed by atoms with E-state index in [0.717, 1.165) is 42.4 Å². The number of thioether (sulfide) groups is 1. The highest BCUT2D eigenvalue weighted by molar-refractivity contribution is 8.01. The third kappa shape index (κ3) is 4.57. The average Bonchev–Trinajstić information content (AvgIpc) is 3.22. The van der Waals surface area contributed by atoms with Crippen molar-refractivity contribution < 1.29 is 4.79 Å². The van der Waals surface area contributed by atoms with Gasteiger partial charge in [0, 0.05) is 42.6 Å². The summed E-state index contributed by atoms with van der Waals surface area (Å²) in [6, 6.07) is 2.29. The molecule has 0 aromatic carbocycles. The Bertz CT molecular complexity index is 626. The smallest absolute Gasteiger partial charge is 0.233 e. The number of aromatic nitrogens is 3. The van der Waals surface area contributed by atoms with Crippen molar-refractivity contribution in [3.63, 3.8) is 0 Å². The van der Waals surface area contributed by atoms with Crippen LogP contribution in [0.2, 0.25) is 0 Å². The minimum Gasteiger partial charge on any atom is -0.339 e. The Morgan fingerprint density at radius 2 is 2.39 bits per heavy atom. The summed E-state index contributed by atoms with van der Waals surface area (Å²) in [6.45, 7) is 3.75. The molecule has 1 fully saturated rings. The van der Waals surface area contributed by atoms with Crippen LogP contribution < -0.4 is 0 Å². The summed E-state index contributed by atoms with van der Waals surface area (Å²) >= 11 is 3.18. The highest BCUT2D eigenvalue weighted by Gasteiger charge is 2.26. The maximum Gasteiger partial charge on any atom is 0.233 e. The number of thiazole rings is 1.